The summed E-state index contributed by atoms with van der Waals surface area (Å²) in [4.78, 5) is 15.5. The number of carbonyl (C=O) groups excluding carboxylic acids is 1. The van der Waals surface area contributed by atoms with Crippen molar-refractivity contribution in [3.8, 4) is 0 Å². The lowest BCUT2D eigenvalue weighted by molar-refractivity contribution is 0.0602. The first-order chi connectivity index (χ1) is 7.13. The topological polar surface area (TPSA) is 44.1 Å². The molecule has 78 valence electrons. The minimum atomic E-state index is -0.407. The van der Waals surface area contributed by atoms with Crippen molar-refractivity contribution in [1.82, 2.24) is 9.55 Å². The van der Waals surface area contributed by atoms with Crippen LogP contribution in [0.25, 0.3) is 11.0 Å². The number of hydrogen-bond donors (Lipinski definition) is 0. The summed E-state index contributed by atoms with van der Waals surface area (Å²) in [5, 5.41) is 0.360. The monoisotopic (exact) mass is 224 g/mol. The Morgan fingerprint density at radius 1 is 1.53 bits per heavy atom. The van der Waals surface area contributed by atoms with Gasteiger partial charge in [-0.15, -0.1) is 0 Å². The molecule has 0 atom stereocenters. The average molecular weight is 225 g/mol. The van der Waals surface area contributed by atoms with E-state index in [0.29, 0.717) is 16.2 Å². The molecule has 0 aliphatic heterocycles. The third kappa shape index (κ3) is 1.57. The lowest BCUT2D eigenvalue weighted by Crippen LogP contribution is -2.00. The van der Waals surface area contributed by atoms with Crippen LogP contribution in [0.15, 0.2) is 18.3 Å². The van der Waals surface area contributed by atoms with Crippen molar-refractivity contribution in [2.45, 2.75) is 0 Å². The number of methoxy groups -OCH3 is 1. The molecule has 0 saturated carbocycles. The fraction of sp³-hybridized carbons (Fsp3) is 0.200. The predicted molar refractivity (Wildman–Crippen MR) is 57.1 cm³/mol. The summed E-state index contributed by atoms with van der Waals surface area (Å²) < 4.78 is 6.47. The highest BCUT2D eigenvalue weighted by Crippen LogP contribution is 2.21. The summed E-state index contributed by atoms with van der Waals surface area (Å²) in [6.45, 7) is 0. The second-order valence-corrected chi connectivity index (χ2v) is 3.53. The van der Waals surface area contributed by atoms with Gasteiger partial charge in [0.15, 0.2) is 0 Å². The van der Waals surface area contributed by atoms with Crippen LogP contribution in [0.1, 0.15) is 10.4 Å². The van der Waals surface area contributed by atoms with Crippen LogP contribution in [0.2, 0.25) is 5.15 Å². The van der Waals surface area contributed by atoms with E-state index in [1.807, 2.05) is 17.7 Å². The van der Waals surface area contributed by atoms with Gasteiger partial charge in [0, 0.05) is 13.2 Å². The molecule has 15 heavy (non-hydrogen) atoms. The molecular weight excluding hydrogens is 216 g/mol. The molecule has 2 heterocycles. The van der Waals surface area contributed by atoms with Crippen LogP contribution >= 0.6 is 11.6 Å². The number of fused-ring (bicyclic) bond motifs is 1. The molecule has 0 aliphatic rings. The Balaban J connectivity index is 2.75. The summed E-state index contributed by atoms with van der Waals surface area (Å²) in [5.74, 6) is -0.407. The van der Waals surface area contributed by atoms with Crippen molar-refractivity contribution >= 4 is 28.6 Å². The number of carbonyl (C=O) groups is 1. The molecule has 0 bridgehead atoms. The third-order valence-corrected chi connectivity index (χ3v) is 2.41. The van der Waals surface area contributed by atoms with Gasteiger partial charge in [0.25, 0.3) is 0 Å². The smallest absolute Gasteiger partial charge is 0.341 e. The Kier molecular flexibility index (Phi) is 2.36. The molecule has 2 rings (SSSR count). The van der Waals surface area contributed by atoms with Crippen molar-refractivity contribution < 1.29 is 9.53 Å². The second kappa shape index (κ2) is 3.55. The maximum absolute atomic E-state index is 11.4. The Bertz CT molecular complexity index is 533. The number of hydrogen-bond acceptors (Lipinski definition) is 3. The van der Waals surface area contributed by atoms with E-state index in [-0.39, 0.29) is 0 Å². The molecule has 0 spiro atoms. The Morgan fingerprint density at radius 3 is 2.93 bits per heavy atom. The largest absolute Gasteiger partial charge is 0.465 e. The van der Waals surface area contributed by atoms with Gasteiger partial charge in [-0.1, -0.05) is 11.6 Å². The lowest BCUT2D eigenvalue weighted by Gasteiger charge is -1.96. The van der Waals surface area contributed by atoms with Gasteiger partial charge in [-0.25, -0.2) is 9.78 Å². The summed E-state index contributed by atoms with van der Waals surface area (Å²) in [6, 6.07) is 3.50. The number of esters is 1. The van der Waals surface area contributed by atoms with E-state index in [1.165, 1.54) is 7.11 Å². The van der Waals surface area contributed by atoms with E-state index in [2.05, 4.69) is 9.72 Å². The van der Waals surface area contributed by atoms with Crippen LogP contribution in [-0.4, -0.2) is 22.6 Å². The molecule has 0 aliphatic carbocycles. The van der Waals surface area contributed by atoms with Gasteiger partial charge in [0.1, 0.15) is 16.2 Å². The first kappa shape index (κ1) is 9.98. The number of pyridine rings is 1. The SMILES string of the molecule is COC(=O)c1cn(C)c2ccc(Cl)nc12. The van der Waals surface area contributed by atoms with Crippen LogP contribution in [-0.2, 0) is 11.8 Å². The van der Waals surface area contributed by atoms with Crippen LogP contribution in [0.4, 0.5) is 0 Å². The molecule has 0 unspecified atom stereocenters. The van der Waals surface area contributed by atoms with E-state index in [0.717, 1.165) is 5.52 Å². The fourth-order valence-corrected chi connectivity index (χ4v) is 1.64. The summed E-state index contributed by atoms with van der Waals surface area (Å²) >= 11 is 5.78. The fourth-order valence-electron chi connectivity index (χ4n) is 1.49. The number of halogens is 1. The lowest BCUT2D eigenvalue weighted by atomic mass is 10.3. The summed E-state index contributed by atoms with van der Waals surface area (Å²) in [6.07, 6.45) is 1.68. The Morgan fingerprint density at radius 2 is 2.27 bits per heavy atom. The van der Waals surface area contributed by atoms with E-state index < -0.39 is 5.97 Å². The first-order valence-electron chi connectivity index (χ1n) is 4.33. The second-order valence-electron chi connectivity index (χ2n) is 3.15. The van der Waals surface area contributed by atoms with Gasteiger partial charge in [0.2, 0.25) is 0 Å². The number of aromatic nitrogens is 2. The highest BCUT2D eigenvalue weighted by molar-refractivity contribution is 6.29. The summed E-state index contributed by atoms with van der Waals surface area (Å²) in [5.41, 5.74) is 1.84. The number of aryl methyl sites for hydroxylation is 1. The van der Waals surface area contributed by atoms with Crippen molar-refractivity contribution in [2.24, 2.45) is 7.05 Å². The molecule has 0 saturated heterocycles. The van der Waals surface area contributed by atoms with Gasteiger partial charge < -0.3 is 9.30 Å². The number of rotatable bonds is 1. The van der Waals surface area contributed by atoms with Gasteiger partial charge in [-0.3, -0.25) is 0 Å². The van der Waals surface area contributed by atoms with E-state index in [1.54, 1.807) is 12.3 Å². The minimum Gasteiger partial charge on any atom is -0.465 e. The third-order valence-electron chi connectivity index (χ3n) is 2.20. The normalized spacial score (nSPS) is 10.6. The van der Waals surface area contributed by atoms with Crippen LogP contribution < -0.4 is 0 Å². The molecule has 2 aromatic rings. The summed E-state index contributed by atoms with van der Waals surface area (Å²) in [7, 11) is 3.18. The van der Waals surface area contributed by atoms with Gasteiger partial charge in [-0.2, -0.15) is 0 Å². The first-order valence-corrected chi connectivity index (χ1v) is 4.71. The molecule has 0 amide bonds. The highest BCUT2D eigenvalue weighted by Gasteiger charge is 2.15. The predicted octanol–water partition coefficient (Wildman–Crippen LogP) is 2.01. The number of ether oxygens (including phenoxy) is 1. The zero-order valence-electron chi connectivity index (χ0n) is 8.32. The average Bonchev–Trinajstić information content (AvgIpc) is 2.54. The number of nitrogens with zero attached hydrogens (tertiary/aromatic N) is 2. The van der Waals surface area contributed by atoms with Crippen LogP contribution in [0, 0.1) is 0 Å². The highest BCUT2D eigenvalue weighted by atomic mass is 35.5. The van der Waals surface area contributed by atoms with Gasteiger partial charge >= 0.3 is 5.97 Å². The molecule has 0 fully saturated rings. The molecule has 2 aromatic heterocycles. The Hall–Kier alpha value is -1.55. The maximum atomic E-state index is 11.4. The van der Waals surface area contributed by atoms with Crippen molar-refractivity contribution in [2.75, 3.05) is 7.11 Å². The Labute approximate surface area is 91.4 Å². The van der Waals surface area contributed by atoms with Gasteiger partial charge in [0.05, 0.1) is 12.6 Å². The molecule has 5 heteroatoms. The van der Waals surface area contributed by atoms with Crippen molar-refractivity contribution in [3.05, 3.63) is 29.0 Å². The minimum absolute atomic E-state index is 0.360. The quantitative estimate of drug-likeness (QED) is 0.550. The van der Waals surface area contributed by atoms with E-state index in [9.17, 15) is 4.79 Å². The standard InChI is InChI=1S/C10H9ClN2O2/c1-13-5-6(10(14)15-2)9-7(13)3-4-8(11)12-9/h3-5H,1-2H3. The maximum Gasteiger partial charge on any atom is 0.341 e. The molecule has 4 nitrogen and oxygen atoms in total. The molecule has 0 aromatic carbocycles. The zero-order valence-corrected chi connectivity index (χ0v) is 9.08. The van der Waals surface area contributed by atoms with Crippen LogP contribution in [0.5, 0.6) is 0 Å². The van der Waals surface area contributed by atoms with Crippen molar-refractivity contribution in [1.29, 1.82) is 0 Å². The van der Waals surface area contributed by atoms with E-state index >= 15 is 0 Å². The van der Waals surface area contributed by atoms with Crippen molar-refractivity contribution in [3.63, 3.8) is 0 Å². The molecular formula is C10H9ClN2O2. The van der Waals surface area contributed by atoms with Gasteiger partial charge in [-0.05, 0) is 12.1 Å². The zero-order chi connectivity index (χ0) is 11.0. The molecule has 0 radical (unpaired) electrons. The van der Waals surface area contributed by atoms with E-state index in [4.69, 9.17) is 11.6 Å². The van der Waals surface area contributed by atoms with Crippen LogP contribution in [0.3, 0.4) is 0 Å². The molecule has 0 N–H and O–H groups in total.